The molecule has 0 amide bonds. The standard InChI is InChI=1S/C14H18/c1-12-8-10-14(2,11-9-12)13-6-4-3-5-7-13/h3-8,10,12H,9,11H2,1-2H3. The van der Waals surface area contributed by atoms with Gasteiger partial charge < -0.3 is 0 Å². The van der Waals surface area contributed by atoms with E-state index < -0.39 is 0 Å². The van der Waals surface area contributed by atoms with Crippen molar-refractivity contribution < 1.29 is 0 Å². The Hall–Kier alpha value is -1.04. The SMILES string of the molecule is CC1C=CC(C)(c2ccccc2)CC1. The van der Waals surface area contributed by atoms with Crippen LogP contribution in [0.2, 0.25) is 0 Å². The van der Waals surface area contributed by atoms with Gasteiger partial charge in [0.15, 0.2) is 0 Å². The van der Waals surface area contributed by atoms with Gasteiger partial charge in [0.05, 0.1) is 0 Å². The van der Waals surface area contributed by atoms with Crippen LogP contribution in [0.3, 0.4) is 0 Å². The summed E-state index contributed by atoms with van der Waals surface area (Å²) in [5, 5.41) is 0. The summed E-state index contributed by atoms with van der Waals surface area (Å²) in [6.45, 7) is 4.63. The summed E-state index contributed by atoms with van der Waals surface area (Å²) in [6, 6.07) is 10.8. The second-order valence-corrected chi connectivity index (χ2v) is 4.66. The minimum Gasteiger partial charge on any atom is -0.0848 e. The van der Waals surface area contributed by atoms with E-state index in [9.17, 15) is 0 Å². The van der Waals surface area contributed by atoms with E-state index in [1.54, 1.807) is 0 Å². The van der Waals surface area contributed by atoms with Gasteiger partial charge in [-0.05, 0) is 24.3 Å². The van der Waals surface area contributed by atoms with Crippen LogP contribution >= 0.6 is 0 Å². The molecule has 2 atom stereocenters. The summed E-state index contributed by atoms with van der Waals surface area (Å²) >= 11 is 0. The molecule has 0 saturated carbocycles. The Kier molecular flexibility index (Phi) is 2.45. The maximum Gasteiger partial charge on any atom is 0.0104 e. The van der Waals surface area contributed by atoms with Crippen molar-refractivity contribution in [2.45, 2.75) is 32.1 Å². The van der Waals surface area contributed by atoms with Gasteiger partial charge in [-0.3, -0.25) is 0 Å². The maximum atomic E-state index is 2.39. The smallest absolute Gasteiger partial charge is 0.0104 e. The predicted molar refractivity (Wildman–Crippen MR) is 61.3 cm³/mol. The molecule has 1 aromatic rings. The van der Waals surface area contributed by atoms with Crippen molar-refractivity contribution in [1.82, 2.24) is 0 Å². The summed E-state index contributed by atoms with van der Waals surface area (Å²) in [7, 11) is 0. The molecule has 74 valence electrons. The van der Waals surface area contributed by atoms with Crippen molar-refractivity contribution in [3.63, 3.8) is 0 Å². The number of rotatable bonds is 1. The van der Waals surface area contributed by atoms with Crippen molar-refractivity contribution in [2.75, 3.05) is 0 Å². The van der Waals surface area contributed by atoms with Crippen molar-refractivity contribution >= 4 is 0 Å². The third-order valence-corrected chi connectivity index (χ3v) is 3.34. The highest BCUT2D eigenvalue weighted by Crippen LogP contribution is 2.35. The first-order valence-electron chi connectivity index (χ1n) is 5.46. The monoisotopic (exact) mass is 186 g/mol. The topological polar surface area (TPSA) is 0 Å². The second kappa shape index (κ2) is 3.61. The molecule has 2 unspecified atom stereocenters. The van der Waals surface area contributed by atoms with Crippen LogP contribution in [-0.4, -0.2) is 0 Å². The molecule has 14 heavy (non-hydrogen) atoms. The normalized spacial score (nSPS) is 31.7. The van der Waals surface area contributed by atoms with Crippen molar-refractivity contribution in [1.29, 1.82) is 0 Å². The highest BCUT2D eigenvalue weighted by atomic mass is 14.3. The van der Waals surface area contributed by atoms with Crippen LogP contribution in [-0.2, 0) is 5.41 Å². The molecular weight excluding hydrogens is 168 g/mol. The molecule has 1 aromatic carbocycles. The second-order valence-electron chi connectivity index (χ2n) is 4.66. The lowest BCUT2D eigenvalue weighted by atomic mass is 9.73. The minimum atomic E-state index is 0.272. The van der Waals surface area contributed by atoms with E-state index in [0.29, 0.717) is 0 Å². The van der Waals surface area contributed by atoms with E-state index in [1.807, 2.05) is 0 Å². The van der Waals surface area contributed by atoms with Crippen molar-refractivity contribution in [3.8, 4) is 0 Å². The molecular formula is C14H18. The van der Waals surface area contributed by atoms with Gasteiger partial charge in [0.25, 0.3) is 0 Å². The fraction of sp³-hybridized carbons (Fsp3) is 0.429. The molecule has 0 fully saturated rings. The zero-order valence-electron chi connectivity index (χ0n) is 9.03. The number of benzene rings is 1. The lowest BCUT2D eigenvalue weighted by Gasteiger charge is -2.31. The maximum absolute atomic E-state index is 2.39. The van der Waals surface area contributed by atoms with Gasteiger partial charge in [0, 0.05) is 5.41 Å². The lowest BCUT2D eigenvalue weighted by Crippen LogP contribution is -2.23. The molecule has 0 radical (unpaired) electrons. The van der Waals surface area contributed by atoms with Crippen LogP contribution in [0.25, 0.3) is 0 Å². The Morgan fingerprint density at radius 2 is 1.93 bits per heavy atom. The molecule has 0 saturated heterocycles. The van der Waals surface area contributed by atoms with Crippen molar-refractivity contribution in [2.24, 2.45) is 5.92 Å². The summed E-state index contributed by atoms with van der Waals surface area (Å²) in [4.78, 5) is 0. The van der Waals surface area contributed by atoms with Gasteiger partial charge in [-0.25, -0.2) is 0 Å². The average molecular weight is 186 g/mol. The fourth-order valence-electron chi connectivity index (χ4n) is 2.14. The van der Waals surface area contributed by atoms with Gasteiger partial charge in [-0.2, -0.15) is 0 Å². The molecule has 0 heteroatoms. The van der Waals surface area contributed by atoms with Crippen LogP contribution in [0.4, 0.5) is 0 Å². The Morgan fingerprint density at radius 3 is 2.50 bits per heavy atom. The Labute approximate surface area is 86.7 Å². The first-order valence-corrected chi connectivity index (χ1v) is 5.46. The Balaban J connectivity index is 2.30. The van der Waals surface area contributed by atoms with E-state index in [2.05, 4.69) is 56.3 Å². The van der Waals surface area contributed by atoms with E-state index >= 15 is 0 Å². The molecule has 0 nitrogen and oxygen atoms in total. The zero-order valence-corrected chi connectivity index (χ0v) is 9.03. The third-order valence-electron chi connectivity index (χ3n) is 3.34. The average Bonchev–Trinajstić information content (AvgIpc) is 2.24. The van der Waals surface area contributed by atoms with Crippen LogP contribution in [0.5, 0.6) is 0 Å². The van der Waals surface area contributed by atoms with Gasteiger partial charge in [0.1, 0.15) is 0 Å². The fourth-order valence-corrected chi connectivity index (χ4v) is 2.14. The molecule has 1 aliphatic carbocycles. The Morgan fingerprint density at radius 1 is 1.21 bits per heavy atom. The molecule has 1 aliphatic rings. The van der Waals surface area contributed by atoms with Crippen LogP contribution in [0, 0.1) is 5.92 Å². The number of allylic oxidation sites excluding steroid dienone is 2. The molecule has 0 aromatic heterocycles. The lowest BCUT2D eigenvalue weighted by molar-refractivity contribution is 0.442. The summed E-state index contributed by atoms with van der Waals surface area (Å²) in [6.07, 6.45) is 7.32. The van der Waals surface area contributed by atoms with Crippen LogP contribution in [0.1, 0.15) is 32.3 Å². The largest absolute Gasteiger partial charge is 0.0848 e. The van der Waals surface area contributed by atoms with Crippen LogP contribution in [0.15, 0.2) is 42.5 Å². The molecule has 0 bridgehead atoms. The summed E-state index contributed by atoms with van der Waals surface area (Å²) < 4.78 is 0. The highest BCUT2D eigenvalue weighted by molar-refractivity contribution is 5.31. The first kappa shape index (κ1) is 9.51. The van der Waals surface area contributed by atoms with Gasteiger partial charge in [-0.15, -0.1) is 0 Å². The molecule has 0 heterocycles. The quantitative estimate of drug-likeness (QED) is 0.583. The Bertz CT molecular complexity index is 323. The van der Waals surface area contributed by atoms with Crippen LogP contribution < -0.4 is 0 Å². The highest BCUT2D eigenvalue weighted by Gasteiger charge is 2.26. The number of hydrogen-bond donors (Lipinski definition) is 0. The molecule has 0 spiro atoms. The molecule has 2 rings (SSSR count). The molecule has 0 N–H and O–H groups in total. The van der Waals surface area contributed by atoms with Gasteiger partial charge in [0.2, 0.25) is 0 Å². The summed E-state index contributed by atoms with van der Waals surface area (Å²) in [5.74, 6) is 0.756. The van der Waals surface area contributed by atoms with E-state index in [4.69, 9.17) is 0 Å². The minimum absolute atomic E-state index is 0.272. The van der Waals surface area contributed by atoms with E-state index in [-0.39, 0.29) is 5.41 Å². The zero-order chi connectivity index (χ0) is 10.0. The van der Waals surface area contributed by atoms with Crippen molar-refractivity contribution in [3.05, 3.63) is 48.0 Å². The third kappa shape index (κ3) is 1.75. The van der Waals surface area contributed by atoms with Gasteiger partial charge in [-0.1, -0.05) is 56.3 Å². The number of hydrogen-bond acceptors (Lipinski definition) is 0. The first-order chi connectivity index (χ1) is 6.71. The predicted octanol–water partition coefficient (Wildman–Crippen LogP) is 3.93. The van der Waals surface area contributed by atoms with E-state index in [0.717, 1.165) is 5.92 Å². The molecule has 0 aliphatic heterocycles. The summed E-state index contributed by atoms with van der Waals surface area (Å²) in [5.41, 5.74) is 1.72. The van der Waals surface area contributed by atoms with E-state index in [1.165, 1.54) is 18.4 Å². The van der Waals surface area contributed by atoms with Gasteiger partial charge >= 0.3 is 0 Å².